The number of hydrogen-bond donors (Lipinski definition) is 1. The second kappa shape index (κ2) is 9.91. The molecule has 0 amide bonds. The van der Waals surface area contributed by atoms with Crippen LogP contribution in [-0.2, 0) is 0 Å². The van der Waals surface area contributed by atoms with Crippen LogP contribution in [0.3, 0.4) is 0 Å². The molecule has 1 heterocycles. The topological polar surface area (TPSA) is 94.6 Å². The monoisotopic (exact) mass is 508 g/mol. The van der Waals surface area contributed by atoms with E-state index in [0.717, 1.165) is 11.1 Å². The number of fused-ring (bicyclic) bond motifs is 1. The molecule has 3 aromatic rings. The third kappa shape index (κ3) is 4.79. The molecule has 3 aromatic carbocycles. The molecule has 0 radical (unpaired) electrons. The molecule has 8 heteroatoms. The number of nitrogens with zero attached hydrogens (tertiary/aromatic N) is 1. The Kier molecular flexibility index (Phi) is 6.93. The van der Waals surface area contributed by atoms with Gasteiger partial charge >= 0.3 is 5.97 Å². The molecule has 6 nitrogen and oxygen atoms in total. The zero-order valence-electron chi connectivity index (χ0n) is 19.3. The molecule has 0 spiro atoms. The van der Waals surface area contributed by atoms with Crippen LogP contribution in [0.4, 0.5) is 0 Å². The summed E-state index contributed by atoms with van der Waals surface area (Å²) in [7, 11) is 1.43. The fourth-order valence-corrected chi connectivity index (χ4v) is 4.60. The lowest BCUT2D eigenvalue weighted by molar-refractivity contribution is 0.0734. The van der Waals surface area contributed by atoms with E-state index in [2.05, 4.69) is 19.9 Å². The maximum atomic E-state index is 12.7. The number of allylic oxidation sites excluding steroid dienone is 1. The number of halogens is 2. The molecule has 4 rings (SSSR count). The second-order valence-corrected chi connectivity index (χ2v) is 9.12. The average Bonchev–Trinajstić information content (AvgIpc) is 2.83. The van der Waals surface area contributed by atoms with Crippen LogP contribution in [0.15, 0.2) is 66.1 Å². The number of ether oxygens (including phenoxy) is 3. The Bertz CT molecular complexity index is 1350. The van der Waals surface area contributed by atoms with Crippen molar-refractivity contribution < 1.29 is 19.0 Å². The molecular weight excluding hydrogens is 487 g/mol. The van der Waals surface area contributed by atoms with Gasteiger partial charge in [0, 0.05) is 11.6 Å². The maximum Gasteiger partial charge on any atom is 0.343 e. The minimum Gasteiger partial charge on any atom is -0.494 e. The van der Waals surface area contributed by atoms with Gasteiger partial charge in [-0.2, -0.15) is 5.26 Å². The van der Waals surface area contributed by atoms with E-state index in [1.54, 1.807) is 18.2 Å². The molecule has 1 unspecified atom stereocenters. The maximum absolute atomic E-state index is 12.7. The Morgan fingerprint density at radius 3 is 2.31 bits per heavy atom. The Morgan fingerprint density at radius 1 is 1.09 bits per heavy atom. The quantitative estimate of drug-likeness (QED) is 0.309. The third-order valence-corrected chi connectivity index (χ3v) is 6.34. The molecule has 0 aromatic heterocycles. The fourth-order valence-electron chi connectivity index (χ4n) is 3.95. The number of carbonyl (C=O) groups is 1. The summed E-state index contributed by atoms with van der Waals surface area (Å²) in [6.45, 7) is 4.24. The van der Waals surface area contributed by atoms with Gasteiger partial charge < -0.3 is 19.9 Å². The first-order valence-corrected chi connectivity index (χ1v) is 11.6. The summed E-state index contributed by atoms with van der Waals surface area (Å²) in [6.07, 6.45) is 0. The van der Waals surface area contributed by atoms with Gasteiger partial charge in [0.15, 0.2) is 5.75 Å². The lowest BCUT2D eigenvalue weighted by Gasteiger charge is -2.27. The van der Waals surface area contributed by atoms with Crippen LogP contribution >= 0.6 is 23.2 Å². The fraction of sp³-hybridized carbons (Fsp3) is 0.185. The van der Waals surface area contributed by atoms with E-state index < -0.39 is 11.9 Å². The summed E-state index contributed by atoms with van der Waals surface area (Å²) in [5.41, 5.74) is 9.42. The van der Waals surface area contributed by atoms with Crippen molar-refractivity contribution in [1.29, 1.82) is 5.26 Å². The molecule has 35 heavy (non-hydrogen) atoms. The Morgan fingerprint density at radius 2 is 1.74 bits per heavy atom. The van der Waals surface area contributed by atoms with Gasteiger partial charge in [-0.15, -0.1) is 0 Å². The molecule has 1 aliphatic rings. The molecule has 0 saturated heterocycles. The SMILES string of the molecule is COc1c(Cl)cc(C(=O)Oc2ccc3c(c2)OC(N)=C(C#N)C3c2ccc(C(C)C)cc2)cc1Cl. The van der Waals surface area contributed by atoms with Crippen LogP contribution < -0.4 is 19.9 Å². The van der Waals surface area contributed by atoms with Gasteiger partial charge in [-0.1, -0.05) is 67.4 Å². The van der Waals surface area contributed by atoms with E-state index in [-0.39, 0.29) is 33.0 Å². The Labute approximate surface area is 213 Å². The molecule has 0 bridgehead atoms. The van der Waals surface area contributed by atoms with Gasteiger partial charge in [0.2, 0.25) is 5.88 Å². The summed E-state index contributed by atoms with van der Waals surface area (Å²) >= 11 is 12.3. The van der Waals surface area contributed by atoms with Crippen molar-refractivity contribution in [2.24, 2.45) is 5.73 Å². The van der Waals surface area contributed by atoms with Gasteiger partial charge in [0.05, 0.1) is 28.6 Å². The molecule has 0 saturated carbocycles. The summed E-state index contributed by atoms with van der Waals surface area (Å²) < 4.78 is 16.4. The van der Waals surface area contributed by atoms with Crippen molar-refractivity contribution >= 4 is 29.2 Å². The van der Waals surface area contributed by atoms with Crippen molar-refractivity contribution in [3.63, 3.8) is 0 Å². The second-order valence-electron chi connectivity index (χ2n) is 8.31. The highest BCUT2D eigenvalue weighted by molar-refractivity contribution is 6.37. The van der Waals surface area contributed by atoms with E-state index in [0.29, 0.717) is 17.2 Å². The average molecular weight is 509 g/mol. The molecule has 0 fully saturated rings. The largest absolute Gasteiger partial charge is 0.494 e. The lowest BCUT2D eigenvalue weighted by Crippen LogP contribution is -2.21. The first-order valence-electron chi connectivity index (χ1n) is 10.8. The molecule has 178 valence electrons. The van der Waals surface area contributed by atoms with E-state index in [4.69, 9.17) is 43.1 Å². The van der Waals surface area contributed by atoms with Crippen LogP contribution in [0.2, 0.25) is 10.0 Å². The third-order valence-electron chi connectivity index (χ3n) is 5.78. The molecule has 1 aliphatic heterocycles. The summed E-state index contributed by atoms with van der Waals surface area (Å²) in [5, 5.41) is 10.2. The summed E-state index contributed by atoms with van der Waals surface area (Å²) in [4.78, 5) is 12.7. The van der Waals surface area contributed by atoms with Gasteiger partial charge in [-0.3, -0.25) is 0 Å². The smallest absolute Gasteiger partial charge is 0.343 e. The highest BCUT2D eigenvalue weighted by Crippen LogP contribution is 2.43. The standard InChI is InChI=1S/C27H22Cl2N2O4/c1-14(2)15-4-6-16(7-5-15)24-19-9-8-18(12-23(19)35-26(31)20(24)13-30)34-27(32)17-10-21(28)25(33-3)22(29)11-17/h4-12,14,24H,31H2,1-3H3. The highest BCUT2D eigenvalue weighted by Gasteiger charge is 2.31. The van der Waals surface area contributed by atoms with Crippen LogP contribution in [0.5, 0.6) is 17.2 Å². The number of nitriles is 1. The van der Waals surface area contributed by atoms with Gasteiger partial charge in [-0.25, -0.2) is 4.79 Å². The van der Waals surface area contributed by atoms with E-state index in [9.17, 15) is 10.1 Å². The van der Waals surface area contributed by atoms with Crippen LogP contribution in [0, 0.1) is 11.3 Å². The molecule has 2 N–H and O–H groups in total. The Hall–Kier alpha value is -3.66. The minimum absolute atomic E-state index is 0.00938. The number of rotatable bonds is 5. The van der Waals surface area contributed by atoms with E-state index in [1.807, 2.05) is 24.3 Å². The number of esters is 1. The molecule has 0 aliphatic carbocycles. The lowest BCUT2D eigenvalue weighted by atomic mass is 9.83. The van der Waals surface area contributed by atoms with Crippen LogP contribution in [0.1, 0.15) is 52.7 Å². The Balaban J connectivity index is 1.66. The van der Waals surface area contributed by atoms with Crippen LogP contribution in [0.25, 0.3) is 0 Å². The van der Waals surface area contributed by atoms with Crippen molar-refractivity contribution in [2.75, 3.05) is 7.11 Å². The molecular formula is C27H22Cl2N2O4. The normalized spacial score (nSPS) is 14.7. The van der Waals surface area contributed by atoms with Gasteiger partial charge in [-0.05, 0) is 35.2 Å². The number of nitrogens with two attached hydrogens (primary N) is 1. The van der Waals surface area contributed by atoms with Gasteiger partial charge in [0.1, 0.15) is 23.1 Å². The highest BCUT2D eigenvalue weighted by atomic mass is 35.5. The summed E-state index contributed by atoms with van der Waals surface area (Å²) in [5.74, 6) is 0.234. The predicted octanol–water partition coefficient (Wildman–Crippen LogP) is 6.56. The van der Waals surface area contributed by atoms with Gasteiger partial charge in [0.25, 0.3) is 0 Å². The van der Waals surface area contributed by atoms with Crippen LogP contribution in [-0.4, -0.2) is 13.1 Å². The zero-order valence-corrected chi connectivity index (χ0v) is 20.8. The predicted molar refractivity (Wildman–Crippen MR) is 134 cm³/mol. The van der Waals surface area contributed by atoms with Crippen molar-refractivity contribution in [1.82, 2.24) is 0 Å². The zero-order chi connectivity index (χ0) is 25.3. The number of hydrogen-bond acceptors (Lipinski definition) is 6. The van der Waals surface area contributed by atoms with Crippen molar-refractivity contribution in [3.8, 4) is 23.3 Å². The number of benzene rings is 3. The van der Waals surface area contributed by atoms with E-state index in [1.165, 1.54) is 24.8 Å². The van der Waals surface area contributed by atoms with E-state index >= 15 is 0 Å². The number of carbonyl (C=O) groups excluding carboxylic acids is 1. The minimum atomic E-state index is -0.658. The van der Waals surface area contributed by atoms with Crippen molar-refractivity contribution in [3.05, 3.63) is 98.4 Å². The summed E-state index contributed by atoms with van der Waals surface area (Å²) in [6, 6.07) is 18.0. The number of methoxy groups -OCH3 is 1. The van der Waals surface area contributed by atoms with Crippen molar-refractivity contribution in [2.45, 2.75) is 25.7 Å². The first-order chi connectivity index (χ1) is 16.7. The molecule has 1 atom stereocenters. The first kappa shape index (κ1) is 24.5.